The van der Waals surface area contributed by atoms with Crippen molar-refractivity contribution in [2.45, 2.75) is 77.4 Å². The van der Waals surface area contributed by atoms with Crippen molar-refractivity contribution in [1.82, 2.24) is 24.9 Å². The van der Waals surface area contributed by atoms with Crippen LogP contribution in [0.5, 0.6) is 5.88 Å². The fourth-order valence-electron chi connectivity index (χ4n) is 6.13. The van der Waals surface area contributed by atoms with Gasteiger partial charge in [0.25, 0.3) is 0 Å². The Morgan fingerprint density at radius 3 is 2.33 bits per heavy atom. The molecule has 0 aliphatic heterocycles. The molecule has 0 saturated heterocycles. The third kappa shape index (κ3) is 8.79. The molecule has 0 radical (unpaired) electrons. The lowest BCUT2D eigenvalue weighted by Crippen LogP contribution is -2.44. The van der Waals surface area contributed by atoms with Crippen molar-refractivity contribution in [3.05, 3.63) is 112 Å². The van der Waals surface area contributed by atoms with Crippen molar-refractivity contribution in [3.8, 4) is 5.88 Å². The van der Waals surface area contributed by atoms with Crippen LogP contribution in [0.2, 0.25) is 0 Å². The number of rotatable bonds is 12. The van der Waals surface area contributed by atoms with Crippen molar-refractivity contribution in [2.75, 3.05) is 17.3 Å². The maximum absolute atomic E-state index is 14.7. The standard InChI is InChI=1S/C38H41BrFN7O5/c1-38(2,3)52-37(49)44-29-16-11-17-30(29)51-34-26(18-27(40)20-42-34)19-41-32-31(39)35(47-33(45-32)28(21-43-47)36(48)50-4)46(22-24-12-7-5-8-13-24)23-25-14-9-6-10-15-25/h5-10,12-15,18,20-21,29-30H,11,16-17,19,22-23H2,1-4H3,(H,41,45)(H,44,49). The number of amides is 1. The Labute approximate surface area is 309 Å². The first kappa shape index (κ1) is 36.5. The summed E-state index contributed by atoms with van der Waals surface area (Å²) in [6.07, 6.45) is 3.82. The zero-order valence-electron chi connectivity index (χ0n) is 29.4. The Kier molecular flexibility index (Phi) is 11.2. The average molecular weight is 775 g/mol. The number of anilines is 2. The highest BCUT2D eigenvalue weighted by molar-refractivity contribution is 9.10. The molecule has 272 valence electrons. The smallest absolute Gasteiger partial charge is 0.408 e. The summed E-state index contributed by atoms with van der Waals surface area (Å²) in [4.78, 5) is 36.6. The molecule has 1 amide bonds. The molecule has 5 aromatic rings. The SMILES string of the molecule is COC(=O)c1cnn2c(N(Cc3ccccc3)Cc3ccccc3)c(Br)c(NCc3cc(F)cnc3OC3CCCC3NC(=O)OC(C)(C)C)nc12. The minimum Gasteiger partial charge on any atom is -0.472 e. The number of aromatic nitrogens is 4. The Hall–Kier alpha value is -5.24. The summed E-state index contributed by atoms with van der Waals surface area (Å²) in [5.41, 5.74) is 2.36. The summed E-state index contributed by atoms with van der Waals surface area (Å²) < 4.78 is 33.7. The van der Waals surface area contributed by atoms with Crippen LogP contribution in [0.1, 0.15) is 67.1 Å². The fraction of sp³-hybridized carbons (Fsp3) is 0.342. The van der Waals surface area contributed by atoms with Crippen molar-refractivity contribution < 1.29 is 28.2 Å². The number of methoxy groups -OCH3 is 1. The Balaban J connectivity index is 1.34. The first-order valence-corrected chi connectivity index (χ1v) is 17.8. The lowest BCUT2D eigenvalue weighted by atomic mass is 10.1. The summed E-state index contributed by atoms with van der Waals surface area (Å²) in [6, 6.07) is 21.1. The molecule has 3 heterocycles. The molecule has 1 aliphatic rings. The van der Waals surface area contributed by atoms with E-state index in [0.717, 1.165) is 23.7 Å². The van der Waals surface area contributed by atoms with E-state index in [4.69, 9.17) is 19.2 Å². The number of pyridine rings is 1. The highest BCUT2D eigenvalue weighted by Gasteiger charge is 2.33. The molecule has 3 aromatic heterocycles. The quantitative estimate of drug-likeness (QED) is 0.123. The highest BCUT2D eigenvalue weighted by Crippen LogP contribution is 2.36. The van der Waals surface area contributed by atoms with E-state index < -0.39 is 29.6 Å². The normalized spacial score (nSPS) is 15.7. The third-order valence-electron chi connectivity index (χ3n) is 8.46. The molecule has 1 aliphatic carbocycles. The molecule has 2 atom stereocenters. The molecule has 2 unspecified atom stereocenters. The van der Waals surface area contributed by atoms with E-state index in [1.165, 1.54) is 19.4 Å². The topological polar surface area (TPSA) is 132 Å². The zero-order valence-corrected chi connectivity index (χ0v) is 31.0. The van der Waals surface area contributed by atoms with Crippen LogP contribution in [-0.2, 0) is 29.1 Å². The van der Waals surface area contributed by atoms with Crippen LogP contribution in [0.15, 0.2) is 83.6 Å². The molecule has 1 fully saturated rings. The number of nitrogens with one attached hydrogen (secondary N) is 2. The van der Waals surface area contributed by atoms with Gasteiger partial charge >= 0.3 is 12.1 Å². The molecule has 0 spiro atoms. The summed E-state index contributed by atoms with van der Waals surface area (Å²) in [5.74, 6) is 0.105. The van der Waals surface area contributed by atoms with E-state index in [0.29, 0.717) is 47.6 Å². The number of esters is 1. The zero-order chi connectivity index (χ0) is 36.8. The van der Waals surface area contributed by atoms with Crippen LogP contribution in [0.25, 0.3) is 5.65 Å². The highest BCUT2D eigenvalue weighted by atomic mass is 79.9. The van der Waals surface area contributed by atoms with Crippen molar-refractivity contribution in [1.29, 1.82) is 0 Å². The second-order valence-electron chi connectivity index (χ2n) is 13.5. The molecule has 52 heavy (non-hydrogen) atoms. The van der Waals surface area contributed by atoms with Crippen molar-refractivity contribution >= 4 is 45.3 Å². The summed E-state index contributed by atoms with van der Waals surface area (Å²) in [7, 11) is 1.30. The van der Waals surface area contributed by atoms with Gasteiger partial charge in [-0.2, -0.15) is 9.61 Å². The first-order chi connectivity index (χ1) is 25.0. The minimum atomic E-state index is -0.643. The molecule has 12 nitrogen and oxygen atoms in total. The van der Waals surface area contributed by atoms with Gasteiger partial charge in [0.1, 0.15) is 33.4 Å². The monoisotopic (exact) mass is 773 g/mol. The van der Waals surface area contributed by atoms with E-state index in [1.54, 1.807) is 25.3 Å². The summed E-state index contributed by atoms with van der Waals surface area (Å²) >= 11 is 3.81. The van der Waals surface area contributed by atoms with Gasteiger partial charge in [0, 0.05) is 25.2 Å². The van der Waals surface area contributed by atoms with Crippen LogP contribution >= 0.6 is 15.9 Å². The van der Waals surface area contributed by atoms with Crippen LogP contribution in [0.3, 0.4) is 0 Å². The van der Waals surface area contributed by atoms with Crippen LogP contribution in [-0.4, -0.2) is 56.5 Å². The number of fused-ring (bicyclic) bond motifs is 1. The second kappa shape index (κ2) is 16.0. The predicted octanol–water partition coefficient (Wildman–Crippen LogP) is 7.46. The molecule has 14 heteroatoms. The number of benzene rings is 2. The number of ether oxygens (including phenoxy) is 3. The minimum absolute atomic E-state index is 0.0667. The van der Waals surface area contributed by atoms with Crippen LogP contribution in [0, 0.1) is 5.82 Å². The van der Waals surface area contributed by atoms with Gasteiger partial charge in [-0.1, -0.05) is 60.7 Å². The molecule has 1 saturated carbocycles. The van der Waals surface area contributed by atoms with E-state index in [1.807, 2.05) is 60.7 Å². The Bertz CT molecular complexity index is 1980. The van der Waals surface area contributed by atoms with Gasteiger partial charge in [-0.15, -0.1) is 0 Å². The van der Waals surface area contributed by atoms with Gasteiger partial charge in [0.05, 0.1) is 25.5 Å². The van der Waals surface area contributed by atoms with Crippen LogP contribution < -0.4 is 20.3 Å². The molecular weight excluding hydrogens is 733 g/mol. The lowest BCUT2D eigenvalue weighted by molar-refractivity contribution is 0.0461. The largest absolute Gasteiger partial charge is 0.472 e. The van der Waals surface area contributed by atoms with Gasteiger partial charge in [0.15, 0.2) is 11.5 Å². The average Bonchev–Trinajstić information content (AvgIpc) is 3.74. The van der Waals surface area contributed by atoms with Crippen LogP contribution in [0.4, 0.5) is 20.8 Å². The molecule has 6 rings (SSSR count). The number of hydrogen-bond donors (Lipinski definition) is 2. The molecule has 0 bridgehead atoms. The van der Waals surface area contributed by atoms with Gasteiger partial charge < -0.3 is 29.7 Å². The predicted molar refractivity (Wildman–Crippen MR) is 198 cm³/mol. The Morgan fingerprint density at radius 2 is 1.69 bits per heavy atom. The number of nitrogens with zero attached hydrogens (tertiary/aromatic N) is 5. The van der Waals surface area contributed by atoms with Crippen molar-refractivity contribution in [3.63, 3.8) is 0 Å². The number of halogens is 2. The van der Waals surface area contributed by atoms with Crippen molar-refractivity contribution in [2.24, 2.45) is 0 Å². The maximum Gasteiger partial charge on any atom is 0.408 e. The van der Waals surface area contributed by atoms with E-state index in [-0.39, 0.29) is 29.7 Å². The van der Waals surface area contributed by atoms with Gasteiger partial charge in [-0.3, -0.25) is 0 Å². The third-order valence-corrected chi connectivity index (χ3v) is 9.19. The number of alkyl carbamates (subject to hydrolysis) is 1. The van der Waals surface area contributed by atoms with E-state index >= 15 is 0 Å². The summed E-state index contributed by atoms with van der Waals surface area (Å²) in [5, 5.41) is 10.8. The number of hydrogen-bond acceptors (Lipinski definition) is 10. The summed E-state index contributed by atoms with van der Waals surface area (Å²) in [6.45, 7) is 6.49. The molecule has 2 N–H and O–H groups in total. The Morgan fingerprint density at radius 1 is 1.02 bits per heavy atom. The maximum atomic E-state index is 14.7. The van der Waals surface area contributed by atoms with E-state index in [9.17, 15) is 14.0 Å². The lowest BCUT2D eigenvalue weighted by Gasteiger charge is -2.28. The number of carbonyl (C=O) groups is 2. The first-order valence-electron chi connectivity index (χ1n) is 17.0. The van der Waals surface area contributed by atoms with E-state index in [2.05, 4.69) is 41.5 Å². The second-order valence-corrected chi connectivity index (χ2v) is 14.3. The van der Waals surface area contributed by atoms with Gasteiger partial charge in [-0.25, -0.2) is 23.9 Å². The molecular formula is C38H41BrFN7O5. The fourth-order valence-corrected chi connectivity index (χ4v) is 6.78. The van der Waals surface area contributed by atoms with Gasteiger partial charge in [-0.05, 0) is 73.2 Å². The molecule has 2 aromatic carbocycles. The van der Waals surface area contributed by atoms with Gasteiger partial charge in [0.2, 0.25) is 5.88 Å². The number of carbonyl (C=O) groups excluding carboxylic acids is 2.